The Morgan fingerprint density at radius 1 is 1.21 bits per heavy atom. The molecule has 1 aliphatic rings. The molecule has 1 fully saturated rings. The number of aromatic amines is 1. The topological polar surface area (TPSA) is 116 Å². The molecule has 0 bridgehead atoms. The second-order valence-corrected chi connectivity index (χ2v) is 5.69. The number of tetrazole rings is 1. The van der Waals surface area contributed by atoms with E-state index in [-0.39, 0.29) is 18.0 Å². The molecule has 9 nitrogen and oxygen atoms in total. The molecule has 1 aliphatic heterocycles. The highest BCUT2D eigenvalue weighted by Crippen LogP contribution is 2.17. The van der Waals surface area contributed by atoms with Crippen molar-refractivity contribution >= 4 is 17.6 Å². The van der Waals surface area contributed by atoms with Gasteiger partial charge in [-0.05, 0) is 42.3 Å². The van der Waals surface area contributed by atoms with E-state index in [4.69, 9.17) is 0 Å². The molecule has 3 rings (SSSR count). The van der Waals surface area contributed by atoms with E-state index >= 15 is 0 Å². The Morgan fingerprint density at radius 2 is 1.92 bits per heavy atom. The molecule has 0 atom stereocenters. The fraction of sp³-hybridized carbons (Fsp3) is 0.400. The number of aromatic nitrogens is 4. The average molecular weight is 329 g/mol. The van der Waals surface area contributed by atoms with Crippen molar-refractivity contribution in [2.75, 3.05) is 18.4 Å². The van der Waals surface area contributed by atoms with Crippen LogP contribution in [-0.4, -0.2) is 56.6 Å². The van der Waals surface area contributed by atoms with Gasteiger partial charge < -0.3 is 15.5 Å². The Bertz CT molecular complexity index is 691. The maximum absolute atomic E-state index is 12.1. The monoisotopic (exact) mass is 329 g/mol. The van der Waals surface area contributed by atoms with Crippen molar-refractivity contribution in [1.29, 1.82) is 0 Å². The number of likely N-dealkylation sites (tertiary alicyclic amines) is 1. The zero-order chi connectivity index (χ0) is 16.9. The van der Waals surface area contributed by atoms with Crippen LogP contribution >= 0.6 is 0 Å². The molecule has 1 aromatic heterocycles. The van der Waals surface area contributed by atoms with E-state index in [1.807, 2.05) is 12.1 Å². The Hall–Kier alpha value is -2.97. The molecular weight excluding hydrogens is 310 g/mol. The lowest BCUT2D eigenvalue weighted by molar-refractivity contribution is -0.129. The quantitative estimate of drug-likeness (QED) is 0.777. The summed E-state index contributed by atoms with van der Waals surface area (Å²) in [7, 11) is 0. The molecule has 0 spiro atoms. The standard InChI is InChI=1S/C15H19N7O2/c1-10(23)22-8-6-13(7-9-22)17-15(24)16-12-4-2-11(3-5-12)14-18-20-21-19-14/h2-5,13H,6-9H2,1H3,(H2,16,17,24)(H,18,19,20,21). The molecule has 3 amide bonds. The fourth-order valence-electron chi connectivity index (χ4n) is 2.68. The van der Waals surface area contributed by atoms with E-state index < -0.39 is 0 Å². The van der Waals surface area contributed by atoms with Crippen molar-refractivity contribution < 1.29 is 9.59 Å². The number of anilines is 1. The Morgan fingerprint density at radius 3 is 2.50 bits per heavy atom. The molecule has 0 unspecified atom stereocenters. The number of urea groups is 1. The van der Waals surface area contributed by atoms with Crippen LogP contribution in [-0.2, 0) is 4.79 Å². The minimum atomic E-state index is -0.247. The predicted molar refractivity (Wildman–Crippen MR) is 87.0 cm³/mol. The molecular formula is C15H19N7O2. The first kappa shape index (κ1) is 15.9. The van der Waals surface area contributed by atoms with Gasteiger partial charge in [-0.25, -0.2) is 4.79 Å². The number of hydrogen-bond acceptors (Lipinski definition) is 5. The number of nitrogens with one attached hydrogen (secondary N) is 3. The van der Waals surface area contributed by atoms with Crippen LogP contribution < -0.4 is 10.6 Å². The Kier molecular flexibility index (Phi) is 4.69. The molecule has 9 heteroatoms. The van der Waals surface area contributed by atoms with Crippen LogP contribution in [0.25, 0.3) is 11.4 Å². The second kappa shape index (κ2) is 7.07. The van der Waals surface area contributed by atoms with E-state index in [2.05, 4.69) is 31.3 Å². The number of benzene rings is 1. The first-order valence-corrected chi connectivity index (χ1v) is 7.79. The van der Waals surface area contributed by atoms with Crippen molar-refractivity contribution in [2.24, 2.45) is 0 Å². The number of amides is 3. The van der Waals surface area contributed by atoms with Gasteiger partial charge in [0.05, 0.1) is 0 Å². The first-order valence-electron chi connectivity index (χ1n) is 7.79. The minimum absolute atomic E-state index is 0.0826. The van der Waals surface area contributed by atoms with E-state index in [1.165, 1.54) is 0 Å². The third-order valence-corrected chi connectivity index (χ3v) is 4.02. The average Bonchev–Trinajstić information content (AvgIpc) is 3.10. The summed E-state index contributed by atoms with van der Waals surface area (Å²) >= 11 is 0. The van der Waals surface area contributed by atoms with Crippen molar-refractivity contribution in [3.05, 3.63) is 24.3 Å². The second-order valence-electron chi connectivity index (χ2n) is 5.69. The highest BCUT2D eigenvalue weighted by Gasteiger charge is 2.21. The number of rotatable bonds is 3. The molecule has 0 radical (unpaired) electrons. The summed E-state index contributed by atoms with van der Waals surface area (Å²) in [4.78, 5) is 25.2. The number of carbonyl (C=O) groups is 2. The summed E-state index contributed by atoms with van der Waals surface area (Å²) in [5, 5.41) is 19.4. The van der Waals surface area contributed by atoms with Gasteiger partial charge in [-0.15, -0.1) is 10.2 Å². The van der Waals surface area contributed by atoms with Gasteiger partial charge in [0.2, 0.25) is 11.7 Å². The van der Waals surface area contributed by atoms with E-state index in [0.717, 1.165) is 18.4 Å². The van der Waals surface area contributed by atoms with Crippen LogP contribution in [0.4, 0.5) is 10.5 Å². The van der Waals surface area contributed by atoms with E-state index in [0.29, 0.717) is 24.6 Å². The van der Waals surface area contributed by atoms with Crippen LogP contribution in [0.5, 0.6) is 0 Å². The van der Waals surface area contributed by atoms with Crippen molar-refractivity contribution in [3.63, 3.8) is 0 Å². The van der Waals surface area contributed by atoms with Gasteiger partial charge in [0.1, 0.15) is 0 Å². The van der Waals surface area contributed by atoms with Gasteiger partial charge in [0, 0.05) is 37.3 Å². The summed E-state index contributed by atoms with van der Waals surface area (Å²) in [5.41, 5.74) is 1.49. The maximum atomic E-state index is 12.1. The molecule has 0 saturated carbocycles. The first-order chi connectivity index (χ1) is 11.6. The van der Waals surface area contributed by atoms with Crippen LogP contribution in [0.3, 0.4) is 0 Å². The molecule has 2 aromatic rings. The lowest BCUT2D eigenvalue weighted by Gasteiger charge is -2.31. The van der Waals surface area contributed by atoms with E-state index in [1.54, 1.807) is 24.0 Å². The summed E-state index contributed by atoms with van der Waals surface area (Å²) in [6, 6.07) is 7.02. The summed E-state index contributed by atoms with van der Waals surface area (Å²) in [6.07, 6.45) is 1.54. The van der Waals surface area contributed by atoms with Gasteiger partial charge in [0.15, 0.2) is 0 Å². The molecule has 126 valence electrons. The number of H-pyrrole nitrogens is 1. The highest BCUT2D eigenvalue weighted by molar-refractivity contribution is 5.89. The molecule has 24 heavy (non-hydrogen) atoms. The van der Waals surface area contributed by atoms with Crippen molar-refractivity contribution in [3.8, 4) is 11.4 Å². The smallest absolute Gasteiger partial charge is 0.319 e. The fourth-order valence-corrected chi connectivity index (χ4v) is 2.68. The molecule has 0 aliphatic carbocycles. The van der Waals surface area contributed by atoms with Crippen molar-refractivity contribution in [1.82, 2.24) is 30.8 Å². The SMILES string of the molecule is CC(=O)N1CCC(NC(=O)Nc2ccc(-c3nn[nH]n3)cc2)CC1. The van der Waals surface area contributed by atoms with Crippen LogP contribution in [0.2, 0.25) is 0 Å². The lowest BCUT2D eigenvalue weighted by Crippen LogP contribution is -2.47. The van der Waals surface area contributed by atoms with Crippen molar-refractivity contribution in [2.45, 2.75) is 25.8 Å². The number of hydrogen-bond donors (Lipinski definition) is 3. The minimum Gasteiger partial charge on any atom is -0.343 e. The van der Waals surface area contributed by atoms with Crippen LogP contribution in [0, 0.1) is 0 Å². The Balaban J connectivity index is 1.49. The van der Waals surface area contributed by atoms with Gasteiger partial charge in [-0.1, -0.05) is 0 Å². The summed E-state index contributed by atoms with van der Waals surface area (Å²) in [5.74, 6) is 0.586. The maximum Gasteiger partial charge on any atom is 0.319 e. The number of carbonyl (C=O) groups excluding carboxylic acids is 2. The zero-order valence-corrected chi connectivity index (χ0v) is 13.3. The molecule has 1 aromatic carbocycles. The van der Waals surface area contributed by atoms with Crippen LogP contribution in [0.15, 0.2) is 24.3 Å². The van der Waals surface area contributed by atoms with Gasteiger partial charge in [-0.3, -0.25) is 4.79 Å². The van der Waals surface area contributed by atoms with Gasteiger partial charge in [0.25, 0.3) is 0 Å². The summed E-state index contributed by atoms with van der Waals surface area (Å²) < 4.78 is 0. The Labute approximate surface area is 138 Å². The number of nitrogens with zero attached hydrogens (tertiary/aromatic N) is 4. The zero-order valence-electron chi connectivity index (χ0n) is 13.3. The lowest BCUT2D eigenvalue weighted by atomic mass is 10.1. The third kappa shape index (κ3) is 3.86. The van der Waals surface area contributed by atoms with E-state index in [9.17, 15) is 9.59 Å². The highest BCUT2D eigenvalue weighted by atomic mass is 16.2. The summed E-state index contributed by atoms with van der Waals surface area (Å²) in [6.45, 7) is 2.93. The molecule has 2 heterocycles. The largest absolute Gasteiger partial charge is 0.343 e. The predicted octanol–water partition coefficient (Wildman–Crippen LogP) is 0.999. The van der Waals surface area contributed by atoms with Gasteiger partial charge >= 0.3 is 6.03 Å². The van der Waals surface area contributed by atoms with Gasteiger partial charge in [-0.2, -0.15) is 5.21 Å². The third-order valence-electron chi connectivity index (χ3n) is 4.02. The molecule has 3 N–H and O–H groups in total. The van der Waals surface area contributed by atoms with Crippen LogP contribution in [0.1, 0.15) is 19.8 Å². The molecule has 1 saturated heterocycles. The number of piperidine rings is 1. The normalized spacial score (nSPS) is 15.1.